The Morgan fingerprint density at radius 2 is 1.90 bits per heavy atom. The lowest BCUT2D eigenvalue weighted by molar-refractivity contribution is 0.618. The molecule has 3 heterocycles. The summed E-state index contributed by atoms with van der Waals surface area (Å²) in [6.45, 7) is 4.66. The number of para-hydroxylation sites is 2. The Balaban J connectivity index is 1.53. The zero-order valence-electron chi connectivity index (χ0n) is 12.1. The van der Waals surface area contributed by atoms with Crippen LogP contribution in [-0.4, -0.2) is 27.5 Å². The summed E-state index contributed by atoms with van der Waals surface area (Å²) in [7, 11) is 0. The number of benzene rings is 1. The smallest absolute Gasteiger partial charge is 0.236 e. The number of rotatable bonds is 2. The van der Waals surface area contributed by atoms with Gasteiger partial charge in [-0.25, -0.2) is 4.98 Å². The summed E-state index contributed by atoms with van der Waals surface area (Å²) >= 11 is 0. The standard InChI is InChI=1S/C17H18N4/c1-2-11-12-9-20(10-13(11)12)16-7-8-21-15-6-4-3-5-14(15)18-17(21)19-16/h3-8,11-13H,2,9-10H2,1H3. The third-order valence-electron chi connectivity index (χ3n) is 5.33. The molecule has 0 bridgehead atoms. The van der Waals surface area contributed by atoms with Crippen LogP contribution in [0.2, 0.25) is 0 Å². The maximum atomic E-state index is 4.78. The molecule has 5 rings (SSSR count). The third kappa shape index (κ3) is 1.56. The van der Waals surface area contributed by atoms with Crippen LogP contribution < -0.4 is 4.90 Å². The van der Waals surface area contributed by atoms with E-state index in [1.54, 1.807) is 0 Å². The fraction of sp³-hybridized carbons (Fsp3) is 0.412. The molecule has 0 amide bonds. The van der Waals surface area contributed by atoms with E-state index in [4.69, 9.17) is 4.98 Å². The topological polar surface area (TPSA) is 33.4 Å². The van der Waals surface area contributed by atoms with Gasteiger partial charge in [0.05, 0.1) is 11.0 Å². The molecule has 0 radical (unpaired) electrons. The molecule has 1 aliphatic heterocycles. The van der Waals surface area contributed by atoms with Crippen LogP contribution in [0.25, 0.3) is 16.8 Å². The summed E-state index contributed by atoms with van der Waals surface area (Å²) in [5.74, 6) is 4.68. The van der Waals surface area contributed by atoms with Gasteiger partial charge in [0.15, 0.2) is 0 Å². The first kappa shape index (κ1) is 11.5. The van der Waals surface area contributed by atoms with Gasteiger partial charge in [-0.15, -0.1) is 0 Å². The van der Waals surface area contributed by atoms with E-state index in [-0.39, 0.29) is 0 Å². The fourth-order valence-corrected chi connectivity index (χ4v) is 4.16. The zero-order valence-corrected chi connectivity index (χ0v) is 12.1. The summed E-state index contributed by atoms with van der Waals surface area (Å²) in [5.41, 5.74) is 2.14. The summed E-state index contributed by atoms with van der Waals surface area (Å²) in [4.78, 5) is 11.8. The minimum atomic E-state index is 0.807. The van der Waals surface area contributed by atoms with Crippen LogP contribution in [0.15, 0.2) is 36.5 Å². The van der Waals surface area contributed by atoms with E-state index in [0.29, 0.717) is 0 Å². The molecule has 4 nitrogen and oxygen atoms in total. The number of hydrogen-bond donors (Lipinski definition) is 0. The number of nitrogens with zero attached hydrogens (tertiary/aromatic N) is 4. The average Bonchev–Trinajstić information content (AvgIpc) is 2.88. The molecule has 1 aromatic carbocycles. The molecule has 4 heteroatoms. The molecule has 106 valence electrons. The van der Waals surface area contributed by atoms with Crippen molar-refractivity contribution < 1.29 is 0 Å². The Kier molecular flexibility index (Phi) is 2.18. The van der Waals surface area contributed by atoms with Gasteiger partial charge in [0.25, 0.3) is 0 Å². The van der Waals surface area contributed by atoms with Crippen LogP contribution in [0.3, 0.4) is 0 Å². The molecular formula is C17H18N4. The van der Waals surface area contributed by atoms with Crippen molar-refractivity contribution in [2.24, 2.45) is 17.8 Å². The summed E-state index contributed by atoms with van der Waals surface area (Å²) in [6, 6.07) is 10.3. The monoisotopic (exact) mass is 278 g/mol. The summed E-state index contributed by atoms with van der Waals surface area (Å²) in [6.07, 6.45) is 3.44. The first-order valence-corrected chi connectivity index (χ1v) is 7.84. The van der Waals surface area contributed by atoms with Gasteiger partial charge in [-0.3, -0.25) is 4.40 Å². The van der Waals surface area contributed by atoms with E-state index in [1.165, 1.54) is 19.5 Å². The molecule has 2 aromatic heterocycles. The lowest BCUT2D eigenvalue weighted by Crippen LogP contribution is -2.25. The Hall–Kier alpha value is -2.10. The molecule has 0 N–H and O–H groups in total. The van der Waals surface area contributed by atoms with Gasteiger partial charge in [-0.05, 0) is 36.0 Å². The van der Waals surface area contributed by atoms with Crippen LogP contribution in [0.5, 0.6) is 0 Å². The second-order valence-corrected chi connectivity index (χ2v) is 6.36. The van der Waals surface area contributed by atoms with Gasteiger partial charge >= 0.3 is 0 Å². The molecule has 2 unspecified atom stereocenters. The lowest BCUT2D eigenvalue weighted by Gasteiger charge is -2.20. The second-order valence-electron chi connectivity index (χ2n) is 6.36. The second kappa shape index (κ2) is 3.97. The maximum absolute atomic E-state index is 4.78. The molecule has 21 heavy (non-hydrogen) atoms. The highest BCUT2D eigenvalue weighted by Crippen LogP contribution is 2.53. The highest BCUT2D eigenvalue weighted by atomic mass is 15.3. The Morgan fingerprint density at radius 3 is 2.71 bits per heavy atom. The molecule has 1 saturated heterocycles. The first-order valence-electron chi connectivity index (χ1n) is 7.84. The Labute approximate surface area is 123 Å². The number of imidazole rings is 1. The van der Waals surface area contributed by atoms with Crippen molar-refractivity contribution in [2.45, 2.75) is 13.3 Å². The van der Waals surface area contributed by atoms with Crippen molar-refractivity contribution in [1.29, 1.82) is 0 Å². The molecule has 3 aromatic rings. The summed E-state index contributed by atoms with van der Waals surface area (Å²) in [5, 5.41) is 0. The number of fused-ring (bicyclic) bond motifs is 4. The average molecular weight is 278 g/mol. The highest BCUT2D eigenvalue weighted by Gasteiger charge is 2.54. The Bertz CT molecular complexity index is 825. The van der Waals surface area contributed by atoms with Crippen molar-refractivity contribution in [3.05, 3.63) is 36.5 Å². The van der Waals surface area contributed by atoms with Crippen molar-refractivity contribution in [1.82, 2.24) is 14.4 Å². The van der Waals surface area contributed by atoms with Crippen LogP contribution in [0, 0.1) is 17.8 Å². The maximum Gasteiger partial charge on any atom is 0.236 e. The van der Waals surface area contributed by atoms with Gasteiger partial charge in [0, 0.05) is 19.3 Å². The minimum absolute atomic E-state index is 0.807. The predicted molar refractivity (Wildman–Crippen MR) is 83.5 cm³/mol. The lowest BCUT2D eigenvalue weighted by atomic mass is 10.2. The third-order valence-corrected chi connectivity index (χ3v) is 5.33. The number of aromatic nitrogens is 3. The van der Waals surface area contributed by atoms with Crippen LogP contribution in [-0.2, 0) is 0 Å². The van der Waals surface area contributed by atoms with E-state index in [0.717, 1.165) is 40.4 Å². The molecule has 1 saturated carbocycles. The molecule has 2 fully saturated rings. The van der Waals surface area contributed by atoms with E-state index in [2.05, 4.69) is 39.5 Å². The SMILES string of the molecule is CCC1C2CN(c3ccn4c(n3)nc3ccccc34)CC12. The molecule has 1 aliphatic carbocycles. The van der Waals surface area contributed by atoms with E-state index >= 15 is 0 Å². The van der Waals surface area contributed by atoms with Crippen molar-refractivity contribution >= 4 is 22.6 Å². The Morgan fingerprint density at radius 1 is 1.10 bits per heavy atom. The minimum Gasteiger partial charge on any atom is -0.356 e. The summed E-state index contributed by atoms with van der Waals surface area (Å²) < 4.78 is 2.07. The van der Waals surface area contributed by atoms with Crippen molar-refractivity contribution in [3.8, 4) is 0 Å². The van der Waals surface area contributed by atoms with Gasteiger partial charge in [-0.1, -0.05) is 25.5 Å². The van der Waals surface area contributed by atoms with Gasteiger partial charge in [-0.2, -0.15) is 4.98 Å². The first-order chi connectivity index (χ1) is 10.3. The number of piperidine rings is 1. The fourth-order valence-electron chi connectivity index (χ4n) is 4.16. The molecule has 0 spiro atoms. The predicted octanol–water partition coefficient (Wildman–Crippen LogP) is 2.97. The van der Waals surface area contributed by atoms with Gasteiger partial charge in [0.1, 0.15) is 5.82 Å². The van der Waals surface area contributed by atoms with Crippen LogP contribution >= 0.6 is 0 Å². The van der Waals surface area contributed by atoms with Crippen molar-refractivity contribution in [3.63, 3.8) is 0 Å². The number of hydrogen-bond acceptors (Lipinski definition) is 3. The van der Waals surface area contributed by atoms with E-state index in [9.17, 15) is 0 Å². The van der Waals surface area contributed by atoms with E-state index < -0.39 is 0 Å². The van der Waals surface area contributed by atoms with Crippen molar-refractivity contribution in [2.75, 3.05) is 18.0 Å². The number of anilines is 1. The van der Waals surface area contributed by atoms with Gasteiger partial charge in [0.2, 0.25) is 5.78 Å². The van der Waals surface area contributed by atoms with Gasteiger partial charge < -0.3 is 4.90 Å². The normalized spacial score (nSPS) is 27.5. The zero-order chi connectivity index (χ0) is 14.0. The van der Waals surface area contributed by atoms with E-state index in [1.807, 2.05) is 18.2 Å². The molecular weight excluding hydrogens is 260 g/mol. The molecule has 2 atom stereocenters. The van der Waals surface area contributed by atoms with Crippen LogP contribution in [0.4, 0.5) is 5.82 Å². The largest absolute Gasteiger partial charge is 0.356 e. The van der Waals surface area contributed by atoms with Crippen LogP contribution in [0.1, 0.15) is 13.3 Å². The quantitative estimate of drug-likeness (QED) is 0.722. The molecule has 2 aliphatic rings. The highest BCUT2D eigenvalue weighted by molar-refractivity contribution is 5.79.